The van der Waals surface area contributed by atoms with Gasteiger partial charge < -0.3 is 5.32 Å². The van der Waals surface area contributed by atoms with Gasteiger partial charge in [0.25, 0.3) is 0 Å². The Morgan fingerprint density at radius 2 is 1.68 bits per heavy atom. The molecule has 1 saturated carbocycles. The second-order valence-electron chi connectivity index (χ2n) is 5.78. The van der Waals surface area contributed by atoms with Crippen LogP contribution in [-0.4, -0.2) is 26.1 Å². The Labute approximate surface area is 137 Å². The summed E-state index contributed by atoms with van der Waals surface area (Å²) in [4.78, 5) is 12.2. The number of amides is 1. The van der Waals surface area contributed by atoms with Gasteiger partial charge in [-0.3, -0.25) is 4.79 Å². The summed E-state index contributed by atoms with van der Waals surface area (Å²) in [5.41, 5.74) is 0. The minimum atomic E-state index is -3.44. The van der Waals surface area contributed by atoms with Crippen LogP contribution in [0.1, 0.15) is 44.9 Å². The van der Waals surface area contributed by atoms with E-state index in [4.69, 9.17) is 11.6 Å². The maximum atomic E-state index is 12.2. The van der Waals surface area contributed by atoms with Crippen LogP contribution in [0.3, 0.4) is 0 Å². The molecule has 0 aromatic heterocycles. The lowest BCUT2D eigenvalue weighted by molar-refractivity contribution is -0.121. The first-order valence-corrected chi connectivity index (χ1v) is 9.78. The topological polar surface area (TPSA) is 63.2 Å². The van der Waals surface area contributed by atoms with Crippen LogP contribution in [0.2, 0.25) is 5.02 Å². The molecule has 1 aromatic rings. The van der Waals surface area contributed by atoms with E-state index in [0.29, 0.717) is 5.02 Å². The summed E-state index contributed by atoms with van der Waals surface area (Å²) >= 11 is 5.75. The second kappa shape index (κ2) is 7.97. The maximum absolute atomic E-state index is 12.2. The van der Waals surface area contributed by atoms with Gasteiger partial charge in [0.1, 0.15) is 0 Å². The molecule has 22 heavy (non-hydrogen) atoms. The predicted molar refractivity (Wildman–Crippen MR) is 87.8 cm³/mol. The van der Waals surface area contributed by atoms with Gasteiger partial charge in [-0.1, -0.05) is 37.3 Å². The minimum absolute atomic E-state index is 0.00145. The lowest BCUT2D eigenvalue weighted by atomic mass is 10.1. The molecule has 1 amide bonds. The molecule has 0 spiro atoms. The van der Waals surface area contributed by atoms with E-state index in [9.17, 15) is 13.2 Å². The van der Waals surface area contributed by atoms with Crippen LogP contribution in [-0.2, 0) is 14.6 Å². The fourth-order valence-corrected chi connectivity index (χ4v) is 4.08. The lowest BCUT2D eigenvalue weighted by Gasteiger charge is -2.16. The Kier molecular flexibility index (Phi) is 6.26. The monoisotopic (exact) mass is 343 g/mol. The highest BCUT2D eigenvalue weighted by Gasteiger charge is 2.19. The fraction of sp³-hybridized carbons (Fsp3) is 0.562. The highest BCUT2D eigenvalue weighted by atomic mass is 35.5. The van der Waals surface area contributed by atoms with Gasteiger partial charge in [-0.25, -0.2) is 8.42 Å². The molecule has 0 atom stereocenters. The minimum Gasteiger partial charge on any atom is -0.353 e. The Bertz CT molecular complexity index is 590. The number of benzene rings is 1. The van der Waals surface area contributed by atoms with E-state index in [1.165, 1.54) is 25.0 Å². The van der Waals surface area contributed by atoms with Gasteiger partial charge >= 0.3 is 0 Å². The van der Waals surface area contributed by atoms with E-state index in [2.05, 4.69) is 5.32 Å². The number of carbonyl (C=O) groups excluding carboxylic acids is 1. The molecule has 6 heteroatoms. The highest BCUT2D eigenvalue weighted by molar-refractivity contribution is 7.91. The molecule has 1 aliphatic rings. The fourth-order valence-electron chi connectivity index (χ4n) is 2.71. The first-order valence-electron chi connectivity index (χ1n) is 7.75. The van der Waals surface area contributed by atoms with Gasteiger partial charge in [0, 0.05) is 17.5 Å². The Morgan fingerprint density at radius 1 is 1.09 bits per heavy atom. The zero-order valence-electron chi connectivity index (χ0n) is 12.6. The van der Waals surface area contributed by atoms with E-state index in [-0.39, 0.29) is 29.0 Å². The Hall–Kier alpha value is -1.07. The van der Waals surface area contributed by atoms with Crippen LogP contribution in [0, 0.1) is 0 Å². The van der Waals surface area contributed by atoms with Gasteiger partial charge in [-0.05, 0) is 37.1 Å². The van der Waals surface area contributed by atoms with Crippen molar-refractivity contribution in [2.45, 2.75) is 55.9 Å². The Morgan fingerprint density at radius 3 is 2.27 bits per heavy atom. The summed E-state index contributed by atoms with van der Waals surface area (Å²) in [6, 6.07) is 6.23. The molecule has 0 saturated heterocycles. The third kappa shape index (κ3) is 5.29. The van der Waals surface area contributed by atoms with Gasteiger partial charge in [0.2, 0.25) is 5.91 Å². The average Bonchev–Trinajstić information content (AvgIpc) is 2.74. The average molecular weight is 344 g/mol. The SMILES string of the molecule is O=C(CCS(=O)(=O)c1ccc(Cl)cc1)NC1CCCCCC1. The molecule has 122 valence electrons. The van der Waals surface area contributed by atoms with Crippen LogP contribution in [0.4, 0.5) is 0 Å². The molecule has 4 nitrogen and oxygen atoms in total. The van der Waals surface area contributed by atoms with Crippen molar-refractivity contribution in [1.82, 2.24) is 5.32 Å². The maximum Gasteiger partial charge on any atom is 0.221 e. The second-order valence-corrected chi connectivity index (χ2v) is 8.32. The molecule has 1 N–H and O–H groups in total. The zero-order chi connectivity index (χ0) is 16.0. The quantitative estimate of drug-likeness (QED) is 0.834. The van der Waals surface area contributed by atoms with E-state index in [0.717, 1.165) is 25.7 Å². The number of hydrogen-bond donors (Lipinski definition) is 1. The number of sulfone groups is 1. The van der Waals surface area contributed by atoms with Crippen LogP contribution in [0.5, 0.6) is 0 Å². The lowest BCUT2D eigenvalue weighted by Crippen LogP contribution is -2.35. The molecule has 0 radical (unpaired) electrons. The van der Waals surface area contributed by atoms with Gasteiger partial charge in [-0.2, -0.15) is 0 Å². The normalized spacial score (nSPS) is 17.0. The van der Waals surface area contributed by atoms with Crippen LogP contribution in [0.15, 0.2) is 29.2 Å². The van der Waals surface area contributed by atoms with Gasteiger partial charge in [-0.15, -0.1) is 0 Å². The Balaban J connectivity index is 1.85. The predicted octanol–water partition coefficient (Wildman–Crippen LogP) is 3.34. The van der Waals surface area contributed by atoms with Crippen molar-refractivity contribution in [2.75, 3.05) is 5.75 Å². The third-order valence-electron chi connectivity index (χ3n) is 3.99. The van der Waals surface area contributed by atoms with Crippen molar-refractivity contribution in [1.29, 1.82) is 0 Å². The molecule has 0 bridgehead atoms. The van der Waals surface area contributed by atoms with E-state index >= 15 is 0 Å². The number of nitrogens with one attached hydrogen (secondary N) is 1. The van der Waals surface area contributed by atoms with Crippen molar-refractivity contribution >= 4 is 27.3 Å². The summed E-state index contributed by atoms with van der Waals surface area (Å²) in [5, 5.41) is 3.46. The summed E-state index contributed by atoms with van der Waals surface area (Å²) in [6.45, 7) is 0. The number of rotatable bonds is 5. The molecular formula is C16H22ClNO3S. The summed E-state index contributed by atoms with van der Waals surface area (Å²) in [7, 11) is -3.44. The first-order chi connectivity index (χ1) is 10.5. The van der Waals surface area contributed by atoms with Gasteiger partial charge in [0.15, 0.2) is 9.84 Å². The van der Waals surface area contributed by atoms with Crippen LogP contribution >= 0.6 is 11.6 Å². The smallest absolute Gasteiger partial charge is 0.221 e. The summed E-state index contributed by atoms with van der Waals surface area (Å²) in [5.74, 6) is -0.350. The van der Waals surface area contributed by atoms with Gasteiger partial charge in [0.05, 0.1) is 10.6 Å². The molecule has 0 aliphatic heterocycles. The molecular weight excluding hydrogens is 322 g/mol. The summed E-state index contributed by atoms with van der Waals surface area (Å²) < 4.78 is 24.3. The first kappa shape index (κ1) is 17.3. The van der Waals surface area contributed by atoms with Crippen molar-refractivity contribution in [3.8, 4) is 0 Å². The van der Waals surface area contributed by atoms with E-state index < -0.39 is 9.84 Å². The standard InChI is InChI=1S/C16H22ClNO3S/c17-13-7-9-15(10-8-13)22(20,21)12-11-16(19)18-14-5-3-1-2-4-6-14/h7-10,14H,1-6,11-12H2,(H,18,19). The molecule has 0 unspecified atom stereocenters. The molecule has 1 aromatic carbocycles. The number of halogens is 1. The van der Waals surface area contributed by atoms with Crippen molar-refractivity contribution in [3.05, 3.63) is 29.3 Å². The van der Waals surface area contributed by atoms with Crippen LogP contribution in [0.25, 0.3) is 0 Å². The van der Waals surface area contributed by atoms with E-state index in [1.807, 2.05) is 0 Å². The van der Waals surface area contributed by atoms with Crippen molar-refractivity contribution in [2.24, 2.45) is 0 Å². The summed E-state index contributed by atoms with van der Waals surface area (Å²) in [6.07, 6.45) is 6.70. The largest absolute Gasteiger partial charge is 0.353 e. The van der Waals surface area contributed by atoms with E-state index in [1.54, 1.807) is 12.1 Å². The number of hydrogen-bond acceptors (Lipinski definition) is 3. The highest BCUT2D eigenvalue weighted by Crippen LogP contribution is 2.18. The molecule has 1 aliphatic carbocycles. The zero-order valence-corrected chi connectivity index (χ0v) is 14.1. The van der Waals surface area contributed by atoms with Crippen molar-refractivity contribution in [3.63, 3.8) is 0 Å². The number of carbonyl (C=O) groups is 1. The molecule has 0 heterocycles. The van der Waals surface area contributed by atoms with Crippen LogP contribution < -0.4 is 5.32 Å². The third-order valence-corrected chi connectivity index (χ3v) is 5.97. The molecule has 1 fully saturated rings. The molecule has 2 rings (SSSR count). The van der Waals surface area contributed by atoms with Crippen molar-refractivity contribution < 1.29 is 13.2 Å².